The number of hydrogen-bond acceptors (Lipinski definition) is 3. The van der Waals surface area contributed by atoms with Crippen molar-refractivity contribution in [1.82, 2.24) is 0 Å². The average Bonchev–Trinajstić information content (AvgIpc) is 2.48. The van der Waals surface area contributed by atoms with E-state index < -0.39 is 15.8 Å². The van der Waals surface area contributed by atoms with Crippen molar-refractivity contribution in [2.24, 2.45) is 0 Å². The van der Waals surface area contributed by atoms with Crippen LogP contribution in [-0.2, 0) is 14.8 Å². The molecule has 0 aromatic heterocycles. The second kappa shape index (κ2) is 7.65. The van der Waals surface area contributed by atoms with E-state index in [1.54, 1.807) is 12.1 Å². The molecule has 0 bridgehead atoms. The van der Waals surface area contributed by atoms with Gasteiger partial charge < -0.3 is 5.32 Å². The fraction of sp³-hybridized carbons (Fsp3) is 0.278. The van der Waals surface area contributed by atoms with E-state index in [1.165, 1.54) is 22.5 Å². The van der Waals surface area contributed by atoms with E-state index in [1.807, 2.05) is 26.0 Å². The van der Waals surface area contributed by atoms with E-state index in [4.69, 9.17) is 0 Å². The summed E-state index contributed by atoms with van der Waals surface area (Å²) in [6.45, 7) is 3.76. The summed E-state index contributed by atoms with van der Waals surface area (Å²) in [5, 5.41) is 2.56. The Kier molecular flexibility index (Phi) is 5.79. The molecule has 1 N–H and O–H groups in total. The maximum Gasteiger partial charge on any atom is 0.232 e. The van der Waals surface area contributed by atoms with Crippen molar-refractivity contribution in [1.29, 1.82) is 0 Å². The van der Waals surface area contributed by atoms with Gasteiger partial charge >= 0.3 is 0 Å². The Hall–Kier alpha value is -2.41. The largest absolute Gasteiger partial charge is 0.326 e. The zero-order valence-electron chi connectivity index (χ0n) is 14.4. The molecule has 0 fully saturated rings. The number of nitrogens with one attached hydrogen (secondary N) is 1. The van der Waals surface area contributed by atoms with Crippen LogP contribution in [0, 0.1) is 19.7 Å². The first-order valence-electron chi connectivity index (χ1n) is 7.77. The number of rotatable bonds is 6. The molecule has 0 saturated carbocycles. The van der Waals surface area contributed by atoms with Crippen LogP contribution in [0.3, 0.4) is 0 Å². The molecule has 25 heavy (non-hydrogen) atoms. The lowest BCUT2D eigenvalue weighted by Crippen LogP contribution is -2.33. The fourth-order valence-corrected chi connectivity index (χ4v) is 3.53. The van der Waals surface area contributed by atoms with Gasteiger partial charge in [-0.2, -0.15) is 0 Å². The van der Waals surface area contributed by atoms with E-state index in [2.05, 4.69) is 5.32 Å². The van der Waals surface area contributed by atoms with Crippen molar-refractivity contribution in [3.05, 3.63) is 59.4 Å². The molecule has 2 aromatic rings. The van der Waals surface area contributed by atoms with Crippen LogP contribution in [0.25, 0.3) is 0 Å². The van der Waals surface area contributed by atoms with Gasteiger partial charge in [-0.1, -0.05) is 23.8 Å². The minimum absolute atomic E-state index is 0.00385. The van der Waals surface area contributed by atoms with Crippen LogP contribution in [0.5, 0.6) is 0 Å². The molecule has 0 aliphatic heterocycles. The number of halogens is 1. The standard InChI is InChI=1S/C18H21FN2O3S/c1-13-7-8-17(14(2)11-13)21(25(3,23)24)10-9-18(22)20-16-6-4-5-15(19)12-16/h4-8,11-12H,9-10H2,1-3H3,(H,20,22). The Labute approximate surface area is 147 Å². The average molecular weight is 364 g/mol. The molecule has 0 unspecified atom stereocenters. The van der Waals surface area contributed by atoms with Crippen molar-refractivity contribution >= 4 is 27.3 Å². The predicted molar refractivity (Wildman–Crippen MR) is 97.8 cm³/mol. The van der Waals surface area contributed by atoms with Crippen LogP contribution < -0.4 is 9.62 Å². The summed E-state index contributed by atoms with van der Waals surface area (Å²) in [5.74, 6) is -0.838. The number of sulfonamides is 1. The quantitative estimate of drug-likeness (QED) is 0.856. The van der Waals surface area contributed by atoms with Gasteiger partial charge in [0, 0.05) is 18.7 Å². The minimum atomic E-state index is -3.54. The summed E-state index contributed by atoms with van der Waals surface area (Å²) in [5.41, 5.74) is 2.73. The van der Waals surface area contributed by atoms with Crippen molar-refractivity contribution < 1.29 is 17.6 Å². The van der Waals surface area contributed by atoms with Gasteiger partial charge in [-0.3, -0.25) is 9.10 Å². The van der Waals surface area contributed by atoms with Gasteiger partial charge in [0.1, 0.15) is 5.82 Å². The number of aryl methyl sites for hydroxylation is 2. The number of benzene rings is 2. The van der Waals surface area contributed by atoms with Gasteiger partial charge in [-0.05, 0) is 43.7 Å². The molecule has 0 heterocycles. The molecule has 7 heteroatoms. The van der Waals surface area contributed by atoms with Gasteiger partial charge in [0.15, 0.2) is 0 Å². The predicted octanol–water partition coefficient (Wildman–Crippen LogP) is 3.24. The van der Waals surface area contributed by atoms with E-state index in [9.17, 15) is 17.6 Å². The Balaban J connectivity index is 2.12. The molecular formula is C18H21FN2O3S. The molecule has 1 amide bonds. The number of anilines is 2. The summed E-state index contributed by atoms with van der Waals surface area (Å²) >= 11 is 0. The van der Waals surface area contributed by atoms with Crippen LogP contribution in [0.2, 0.25) is 0 Å². The lowest BCUT2D eigenvalue weighted by atomic mass is 10.1. The highest BCUT2D eigenvalue weighted by Crippen LogP contribution is 2.24. The molecule has 2 aromatic carbocycles. The van der Waals surface area contributed by atoms with E-state index in [0.717, 1.165) is 17.4 Å². The summed E-state index contributed by atoms with van der Waals surface area (Å²) in [6.07, 6.45) is 1.06. The Morgan fingerprint density at radius 3 is 2.48 bits per heavy atom. The maximum absolute atomic E-state index is 13.1. The van der Waals surface area contributed by atoms with E-state index >= 15 is 0 Å². The Bertz CT molecular complexity index is 882. The lowest BCUT2D eigenvalue weighted by Gasteiger charge is -2.24. The monoisotopic (exact) mass is 364 g/mol. The summed E-state index contributed by atoms with van der Waals surface area (Å²) in [7, 11) is -3.54. The maximum atomic E-state index is 13.1. The SMILES string of the molecule is Cc1ccc(N(CCC(=O)Nc2cccc(F)c2)S(C)(=O)=O)c(C)c1. The second-order valence-electron chi connectivity index (χ2n) is 5.93. The topological polar surface area (TPSA) is 66.5 Å². The van der Waals surface area contributed by atoms with Crippen LogP contribution >= 0.6 is 0 Å². The van der Waals surface area contributed by atoms with Gasteiger partial charge in [-0.15, -0.1) is 0 Å². The third kappa shape index (κ3) is 5.29. The second-order valence-corrected chi connectivity index (χ2v) is 7.84. The number of nitrogens with zero attached hydrogens (tertiary/aromatic N) is 1. The summed E-state index contributed by atoms with van der Waals surface area (Å²) in [6, 6.07) is 11.0. The molecule has 0 spiro atoms. The molecule has 134 valence electrons. The van der Waals surface area contributed by atoms with Crippen molar-refractivity contribution in [2.75, 3.05) is 22.4 Å². The van der Waals surface area contributed by atoms with Crippen LogP contribution in [0.15, 0.2) is 42.5 Å². The first kappa shape index (κ1) is 18.9. The molecule has 0 aliphatic rings. The van der Waals surface area contributed by atoms with Gasteiger partial charge in [0.2, 0.25) is 15.9 Å². The molecule has 2 rings (SSSR count). The fourth-order valence-electron chi connectivity index (χ4n) is 2.54. The van der Waals surface area contributed by atoms with Crippen molar-refractivity contribution in [3.8, 4) is 0 Å². The Morgan fingerprint density at radius 1 is 1.16 bits per heavy atom. The normalized spacial score (nSPS) is 11.2. The number of carbonyl (C=O) groups is 1. The first-order valence-corrected chi connectivity index (χ1v) is 9.62. The molecule has 5 nitrogen and oxygen atoms in total. The minimum Gasteiger partial charge on any atom is -0.326 e. The van der Waals surface area contributed by atoms with Crippen LogP contribution in [0.4, 0.5) is 15.8 Å². The van der Waals surface area contributed by atoms with Crippen LogP contribution in [0.1, 0.15) is 17.5 Å². The van der Waals surface area contributed by atoms with Gasteiger partial charge in [0.05, 0.1) is 11.9 Å². The molecule has 0 atom stereocenters. The van der Waals surface area contributed by atoms with Crippen LogP contribution in [-0.4, -0.2) is 27.1 Å². The highest BCUT2D eigenvalue weighted by atomic mass is 32.2. The molecular weight excluding hydrogens is 343 g/mol. The first-order chi connectivity index (χ1) is 11.7. The van der Waals surface area contributed by atoms with E-state index in [-0.39, 0.29) is 18.9 Å². The third-order valence-corrected chi connectivity index (χ3v) is 4.85. The molecule has 0 saturated heterocycles. The smallest absolute Gasteiger partial charge is 0.232 e. The zero-order chi connectivity index (χ0) is 18.6. The Morgan fingerprint density at radius 2 is 1.88 bits per heavy atom. The third-order valence-electron chi connectivity index (χ3n) is 3.67. The van der Waals surface area contributed by atoms with Gasteiger partial charge in [-0.25, -0.2) is 12.8 Å². The van der Waals surface area contributed by atoms with Gasteiger partial charge in [0.25, 0.3) is 0 Å². The molecule has 0 aliphatic carbocycles. The zero-order valence-corrected chi connectivity index (χ0v) is 15.2. The molecule has 0 radical (unpaired) electrons. The van der Waals surface area contributed by atoms with Crippen molar-refractivity contribution in [3.63, 3.8) is 0 Å². The highest BCUT2D eigenvalue weighted by molar-refractivity contribution is 7.92. The summed E-state index contributed by atoms with van der Waals surface area (Å²) < 4.78 is 38.6. The number of carbonyl (C=O) groups excluding carboxylic acids is 1. The summed E-state index contributed by atoms with van der Waals surface area (Å²) in [4.78, 5) is 12.1. The lowest BCUT2D eigenvalue weighted by molar-refractivity contribution is -0.116. The van der Waals surface area contributed by atoms with E-state index in [0.29, 0.717) is 11.4 Å². The number of amides is 1. The highest BCUT2D eigenvalue weighted by Gasteiger charge is 2.20. The van der Waals surface area contributed by atoms with Crippen molar-refractivity contribution in [2.45, 2.75) is 20.3 Å². The number of hydrogen-bond donors (Lipinski definition) is 1.